The van der Waals surface area contributed by atoms with Gasteiger partial charge in [0.15, 0.2) is 5.75 Å². The number of hydrogen-bond acceptors (Lipinski definition) is 5. The lowest BCUT2D eigenvalue weighted by Gasteiger charge is -2.06. The Bertz CT molecular complexity index is 650. The Morgan fingerprint density at radius 1 is 1.53 bits per heavy atom. The number of aromatic nitrogens is 2. The van der Waals surface area contributed by atoms with Crippen molar-refractivity contribution in [1.82, 2.24) is 9.78 Å². The molecule has 2 aromatic rings. The van der Waals surface area contributed by atoms with Gasteiger partial charge in [-0.3, -0.25) is 10.1 Å². The van der Waals surface area contributed by atoms with Crippen LogP contribution in [0, 0.1) is 10.1 Å². The van der Waals surface area contributed by atoms with E-state index in [4.69, 9.17) is 9.84 Å². The Kier molecular flexibility index (Phi) is 3.15. The molecule has 0 fully saturated rings. The second-order valence-corrected chi connectivity index (χ2v) is 3.56. The molecule has 98 valence electrons. The normalized spacial score (nSPS) is 10.2. The number of ether oxygens (including phenoxy) is 1. The van der Waals surface area contributed by atoms with E-state index in [9.17, 15) is 14.9 Å². The van der Waals surface area contributed by atoms with E-state index < -0.39 is 10.9 Å². The zero-order chi connectivity index (χ0) is 14.0. The molecule has 1 N–H and O–H groups in total. The van der Waals surface area contributed by atoms with E-state index in [1.807, 2.05) is 0 Å². The average molecular weight is 263 g/mol. The predicted molar refractivity (Wildman–Crippen MR) is 63.7 cm³/mol. The molecule has 0 amide bonds. The predicted octanol–water partition coefficient (Wildman–Crippen LogP) is 1.49. The molecular formula is C11H9N3O5. The van der Waals surface area contributed by atoms with E-state index in [1.165, 1.54) is 25.4 Å². The number of nitro groups is 1. The molecule has 0 spiro atoms. The SMILES string of the molecule is COc1cccc(-n2cc(C(=O)O)cn2)c1[N+](=O)[O-]. The molecule has 1 aromatic carbocycles. The number of aromatic carboxylic acids is 1. The number of rotatable bonds is 4. The van der Waals surface area contributed by atoms with Gasteiger partial charge in [-0.15, -0.1) is 0 Å². The van der Waals surface area contributed by atoms with Crippen molar-refractivity contribution in [2.45, 2.75) is 0 Å². The molecular weight excluding hydrogens is 254 g/mol. The van der Waals surface area contributed by atoms with E-state index in [1.54, 1.807) is 6.07 Å². The zero-order valence-corrected chi connectivity index (χ0v) is 9.81. The Balaban J connectivity index is 2.60. The first kappa shape index (κ1) is 12.6. The number of para-hydroxylation sites is 1. The van der Waals surface area contributed by atoms with E-state index in [0.29, 0.717) is 0 Å². The van der Waals surface area contributed by atoms with Gasteiger partial charge in [0, 0.05) is 6.20 Å². The van der Waals surface area contributed by atoms with Crippen LogP contribution in [-0.4, -0.2) is 32.9 Å². The Morgan fingerprint density at radius 2 is 2.26 bits per heavy atom. The van der Waals surface area contributed by atoms with Crippen LogP contribution >= 0.6 is 0 Å². The monoisotopic (exact) mass is 263 g/mol. The maximum absolute atomic E-state index is 11.1. The fourth-order valence-corrected chi connectivity index (χ4v) is 1.61. The van der Waals surface area contributed by atoms with E-state index >= 15 is 0 Å². The van der Waals surface area contributed by atoms with E-state index in [-0.39, 0.29) is 22.7 Å². The lowest BCUT2D eigenvalue weighted by Crippen LogP contribution is -2.03. The number of benzene rings is 1. The summed E-state index contributed by atoms with van der Waals surface area (Å²) < 4.78 is 6.05. The summed E-state index contributed by atoms with van der Waals surface area (Å²) in [5.74, 6) is -1.08. The van der Waals surface area contributed by atoms with Crippen LogP contribution in [0.2, 0.25) is 0 Å². The van der Waals surface area contributed by atoms with Gasteiger partial charge in [-0.05, 0) is 12.1 Å². The van der Waals surface area contributed by atoms with Gasteiger partial charge in [0.05, 0.1) is 23.8 Å². The number of nitro benzene ring substituents is 1. The molecule has 0 aliphatic heterocycles. The number of hydrogen-bond donors (Lipinski definition) is 1. The highest BCUT2D eigenvalue weighted by molar-refractivity contribution is 5.87. The topological polar surface area (TPSA) is 107 Å². The number of carbonyl (C=O) groups is 1. The van der Waals surface area contributed by atoms with Crippen molar-refractivity contribution in [1.29, 1.82) is 0 Å². The lowest BCUT2D eigenvalue weighted by molar-refractivity contribution is -0.385. The minimum absolute atomic E-state index is 0.0582. The third-order valence-electron chi connectivity index (χ3n) is 2.46. The van der Waals surface area contributed by atoms with Crippen LogP contribution in [-0.2, 0) is 0 Å². The first-order valence-corrected chi connectivity index (χ1v) is 5.14. The molecule has 2 rings (SSSR count). The quantitative estimate of drug-likeness (QED) is 0.661. The van der Waals surface area contributed by atoms with Gasteiger partial charge in [0.1, 0.15) is 5.69 Å². The smallest absolute Gasteiger partial charge is 0.338 e. The fraction of sp³-hybridized carbons (Fsp3) is 0.0909. The number of nitrogens with zero attached hydrogens (tertiary/aromatic N) is 3. The van der Waals surface area contributed by atoms with Crippen molar-refractivity contribution < 1.29 is 19.6 Å². The summed E-state index contributed by atoms with van der Waals surface area (Å²) in [6.45, 7) is 0. The summed E-state index contributed by atoms with van der Waals surface area (Å²) in [6.07, 6.45) is 2.32. The number of carboxylic acids is 1. The molecule has 0 aliphatic carbocycles. The molecule has 8 nitrogen and oxygen atoms in total. The Hall–Kier alpha value is -2.90. The average Bonchev–Trinajstić information content (AvgIpc) is 2.87. The first-order chi connectivity index (χ1) is 9.04. The van der Waals surface area contributed by atoms with Crippen LogP contribution in [0.3, 0.4) is 0 Å². The van der Waals surface area contributed by atoms with Gasteiger partial charge in [0.2, 0.25) is 0 Å². The molecule has 1 heterocycles. The molecule has 0 atom stereocenters. The Morgan fingerprint density at radius 3 is 2.79 bits per heavy atom. The summed E-state index contributed by atoms with van der Waals surface area (Å²) in [4.78, 5) is 21.3. The fourth-order valence-electron chi connectivity index (χ4n) is 1.61. The second-order valence-electron chi connectivity index (χ2n) is 3.56. The van der Waals surface area contributed by atoms with Crippen molar-refractivity contribution in [2.24, 2.45) is 0 Å². The van der Waals surface area contributed by atoms with Crippen LogP contribution in [0.4, 0.5) is 5.69 Å². The second kappa shape index (κ2) is 4.77. The summed E-state index contributed by atoms with van der Waals surface area (Å²) in [5, 5.41) is 23.7. The van der Waals surface area contributed by atoms with Gasteiger partial charge in [-0.1, -0.05) is 6.07 Å². The van der Waals surface area contributed by atoms with Crippen LogP contribution in [0.5, 0.6) is 5.75 Å². The van der Waals surface area contributed by atoms with E-state index in [2.05, 4.69) is 5.10 Å². The molecule has 0 unspecified atom stereocenters. The maximum Gasteiger partial charge on any atom is 0.338 e. The van der Waals surface area contributed by atoms with Crippen LogP contribution in [0.1, 0.15) is 10.4 Å². The minimum atomic E-state index is -1.16. The molecule has 8 heteroatoms. The first-order valence-electron chi connectivity index (χ1n) is 5.14. The molecule has 0 saturated carbocycles. The van der Waals surface area contributed by atoms with Crippen molar-refractivity contribution in [3.8, 4) is 11.4 Å². The highest BCUT2D eigenvalue weighted by atomic mass is 16.6. The van der Waals surface area contributed by atoms with Crippen LogP contribution in [0.15, 0.2) is 30.6 Å². The zero-order valence-electron chi connectivity index (χ0n) is 9.81. The highest BCUT2D eigenvalue weighted by Gasteiger charge is 2.22. The number of carboxylic acid groups (broad SMARTS) is 1. The van der Waals surface area contributed by atoms with Crippen LogP contribution in [0.25, 0.3) is 5.69 Å². The third kappa shape index (κ3) is 2.23. The van der Waals surface area contributed by atoms with Crippen molar-refractivity contribution >= 4 is 11.7 Å². The summed E-state index contributed by atoms with van der Waals surface area (Å²) in [5.41, 5.74) is -0.195. The summed E-state index contributed by atoms with van der Waals surface area (Å²) in [7, 11) is 1.32. The largest absolute Gasteiger partial charge is 0.490 e. The van der Waals surface area contributed by atoms with Gasteiger partial charge >= 0.3 is 11.7 Å². The lowest BCUT2D eigenvalue weighted by atomic mass is 10.2. The van der Waals surface area contributed by atoms with E-state index in [0.717, 1.165) is 10.9 Å². The van der Waals surface area contributed by atoms with Crippen molar-refractivity contribution in [3.05, 3.63) is 46.3 Å². The van der Waals surface area contributed by atoms with Gasteiger partial charge < -0.3 is 9.84 Å². The molecule has 0 aliphatic rings. The van der Waals surface area contributed by atoms with Gasteiger partial charge in [-0.2, -0.15) is 5.10 Å². The van der Waals surface area contributed by atoms with Crippen molar-refractivity contribution in [3.63, 3.8) is 0 Å². The standard InChI is InChI=1S/C11H9N3O5/c1-19-9-4-2-3-8(10(9)14(17)18)13-6-7(5-12-13)11(15)16/h2-6H,1H3,(H,15,16). The molecule has 0 saturated heterocycles. The van der Waals surface area contributed by atoms with Gasteiger partial charge in [0.25, 0.3) is 0 Å². The summed E-state index contributed by atoms with van der Waals surface area (Å²) >= 11 is 0. The molecule has 0 radical (unpaired) electrons. The third-order valence-corrected chi connectivity index (χ3v) is 2.46. The Labute approximate surface area is 107 Å². The minimum Gasteiger partial charge on any atom is -0.490 e. The van der Waals surface area contributed by atoms with Crippen LogP contribution < -0.4 is 4.74 Å². The highest BCUT2D eigenvalue weighted by Crippen LogP contribution is 2.32. The maximum atomic E-state index is 11.1. The number of methoxy groups -OCH3 is 1. The molecule has 1 aromatic heterocycles. The molecule has 0 bridgehead atoms. The van der Waals surface area contributed by atoms with Crippen molar-refractivity contribution in [2.75, 3.05) is 7.11 Å². The van der Waals surface area contributed by atoms with Gasteiger partial charge in [-0.25, -0.2) is 9.48 Å². The summed E-state index contributed by atoms with van der Waals surface area (Å²) in [6, 6.07) is 4.46. The molecule has 19 heavy (non-hydrogen) atoms.